The molecule has 0 bridgehead atoms. The molecule has 2 aliphatic heterocycles. The van der Waals surface area contributed by atoms with Gasteiger partial charge in [-0.25, -0.2) is 0 Å². The molecule has 3 rings (SSSR count). The molecular formula is C17H25N3O3. The van der Waals surface area contributed by atoms with Crippen LogP contribution in [0.5, 0.6) is 0 Å². The number of pyridine rings is 1. The van der Waals surface area contributed by atoms with Gasteiger partial charge in [-0.15, -0.1) is 0 Å². The van der Waals surface area contributed by atoms with Crippen molar-refractivity contribution in [1.82, 2.24) is 14.8 Å². The minimum atomic E-state index is 0.0502. The van der Waals surface area contributed by atoms with Crippen LogP contribution in [0.15, 0.2) is 18.3 Å². The Balaban J connectivity index is 1.62. The van der Waals surface area contributed by atoms with E-state index in [1.54, 1.807) is 7.11 Å². The minimum Gasteiger partial charge on any atom is -0.379 e. The van der Waals surface area contributed by atoms with E-state index in [1.807, 2.05) is 11.1 Å². The van der Waals surface area contributed by atoms with Crippen molar-refractivity contribution in [3.63, 3.8) is 0 Å². The van der Waals surface area contributed by atoms with E-state index < -0.39 is 0 Å². The minimum absolute atomic E-state index is 0.0502. The predicted octanol–water partition coefficient (Wildman–Crippen LogP) is 1.22. The maximum atomic E-state index is 12.1. The topological polar surface area (TPSA) is 54.9 Å². The van der Waals surface area contributed by atoms with Gasteiger partial charge in [-0.2, -0.15) is 0 Å². The number of ether oxygens (including phenoxy) is 2. The van der Waals surface area contributed by atoms with Crippen molar-refractivity contribution >= 4 is 5.91 Å². The quantitative estimate of drug-likeness (QED) is 0.817. The van der Waals surface area contributed by atoms with E-state index in [2.05, 4.69) is 22.0 Å². The number of aromatic nitrogens is 1. The van der Waals surface area contributed by atoms with Crippen LogP contribution in [0, 0.1) is 0 Å². The lowest BCUT2D eigenvalue weighted by Gasteiger charge is -2.27. The fourth-order valence-electron chi connectivity index (χ4n) is 3.32. The monoisotopic (exact) mass is 319 g/mol. The fourth-order valence-corrected chi connectivity index (χ4v) is 3.32. The molecule has 3 heterocycles. The molecule has 1 aromatic rings. The number of carbonyl (C=O) groups excluding carboxylic acids is 1. The summed E-state index contributed by atoms with van der Waals surface area (Å²) in [4.78, 5) is 21.0. The Kier molecular flexibility index (Phi) is 5.59. The van der Waals surface area contributed by atoms with Gasteiger partial charge in [-0.05, 0) is 24.5 Å². The number of rotatable bonds is 5. The normalized spacial score (nSPS) is 22.5. The molecule has 6 heteroatoms. The largest absolute Gasteiger partial charge is 0.379 e. The highest BCUT2D eigenvalue weighted by Crippen LogP contribution is 2.30. The summed E-state index contributed by atoms with van der Waals surface area (Å²) in [5.41, 5.74) is 2.20. The van der Waals surface area contributed by atoms with E-state index >= 15 is 0 Å². The lowest BCUT2D eigenvalue weighted by Crippen LogP contribution is -2.35. The molecule has 23 heavy (non-hydrogen) atoms. The van der Waals surface area contributed by atoms with Crippen LogP contribution >= 0.6 is 0 Å². The number of methoxy groups -OCH3 is 1. The molecule has 6 nitrogen and oxygen atoms in total. The Morgan fingerprint density at radius 2 is 2.17 bits per heavy atom. The smallest absolute Gasteiger partial charge is 0.249 e. The molecule has 1 amide bonds. The highest BCUT2D eigenvalue weighted by atomic mass is 16.5. The Labute approximate surface area is 137 Å². The van der Waals surface area contributed by atoms with Crippen molar-refractivity contribution < 1.29 is 14.3 Å². The Hall–Kier alpha value is -1.50. The number of nitrogens with zero attached hydrogens (tertiary/aromatic N) is 3. The molecule has 1 aromatic heterocycles. The van der Waals surface area contributed by atoms with E-state index in [4.69, 9.17) is 9.47 Å². The third-order valence-electron chi connectivity index (χ3n) is 4.54. The van der Waals surface area contributed by atoms with E-state index in [0.29, 0.717) is 0 Å². The van der Waals surface area contributed by atoms with Crippen LogP contribution in [0.2, 0.25) is 0 Å². The van der Waals surface area contributed by atoms with Crippen LogP contribution in [0.3, 0.4) is 0 Å². The van der Waals surface area contributed by atoms with Gasteiger partial charge < -0.3 is 14.4 Å². The van der Waals surface area contributed by atoms with Gasteiger partial charge in [0.1, 0.15) is 6.61 Å². The highest BCUT2D eigenvalue weighted by molar-refractivity contribution is 5.78. The summed E-state index contributed by atoms with van der Waals surface area (Å²) in [7, 11) is 1.56. The number of likely N-dealkylation sites (tertiary alicyclic amines) is 1. The number of hydrogen-bond acceptors (Lipinski definition) is 5. The Morgan fingerprint density at radius 1 is 1.35 bits per heavy atom. The third kappa shape index (κ3) is 4.07. The highest BCUT2D eigenvalue weighted by Gasteiger charge is 2.30. The molecule has 1 atom stereocenters. The second-order valence-electron chi connectivity index (χ2n) is 6.16. The number of carbonyl (C=O) groups is 1. The summed E-state index contributed by atoms with van der Waals surface area (Å²) in [6.07, 6.45) is 3.95. The third-order valence-corrected chi connectivity index (χ3v) is 4.54. The van der Waals surface area contributed by atoms with Crippen molar-refractivity contribution in [2.45, 2.75) is 25.4 Å². The van der Waals surface area contributed by atoms with E-state index in [9.17, 15) is 4.79 Å². The maximum absolute atomic E-state index is 12.1. The predicted molar refractivity (Wildman–Crippen MR) is 85.9 cm³/mol. The van der Waals surface area contributed by atoms with Crippen molar-refractivity contribution in [2.75, 3.05) is 46.6 Å². The molecule has 2 aliphatic rings. The first-order chi connectivity index (χ1) is 11.3. The molecule has 0 radical (unpaired) electrons. The van der Waals surface area contributed by atoms with E-state index in [1.165, 1.54) is 5.56 Å². The molecule has 0 spiro atoms. The summed E-state index contributed by atoms with van der Waals surface area (Å²) in [5.74, 6) is 0.0502. The molecule has 1 unspecified atom stereocenters. The van der Waals surface area contributed by atoms with Gasteiger partial charge in [-0.1, -0.05) is 6.07 Å². The van der Waals surface area contributed by atoms with Gasteiger partial charge in [-0.3, -0.25) is 14.7 Å². The van der Waals surface area contributed by atoms with Crippen LogP contribution < -0.4 is 0 Å². The second-order valence-corrected chi connectivity index (χ2v) is 6.16. The van der Waals surface area contributed by atoms with Crippen molar-refractivity contribution in [3.8, 4) is 0 Å². The Morgan fingerprint density at radius 3 is 2.87 bits per heavy atom. The fraction of sp³-hybridized carbons (Fsp3) is 0.647. The van der Waals surface area contributed by atoms with Gasteiger partial charge in [0.2, 0.25) is 5.91 Å². The average molecular weight is 319 g/mol. The van der Waals surface area contributed by atoms with Crippen LogP contribution in [-0.2, 0) is 20.8 Å². The first-order valence-corrected chi connectivity index (χ1v) is 8.31. The molecule has 2 fully saturated rings. The summed E-state index contributed by atoms with van der Waals surface area (Å²) in [6, 6.07) is 4.29. The number of amides is 1. The molecule has 2 saturated heterocycles. The summed E-state index contributed by atoms with van der Waals surface area (Å²) < 4.78 is 10.3. The molecule has 0 aliphatic carbocycles. The summed E-state index contributed by atoms with van der Waals surface area (Å²) in [6.45, 7) is 5.42. The molecule has 126 valence electrons. The SMILES string of the molecule is COCC(=O)N1CCCC1c1ccc(CN2CCOCC2)cn1. The van der Waals surface area contributed by atoms with Crippen molar-refractivity contribution in [1.29, 1.82) is 0 Å². The van der Waals surface area contributed by atoms with E-state index in [-0.39, 0.29) is 18.6 Å². The Bertz CT molecular complexity index is 514. The molecular weight excluding hydrogens is 294 g/mol. The van der Waals surface area contributed by atoms with Crippen molar-refractivity contribution in [3.05, 3.63) is 29.6 Å². The lowest BCUT2D eigenvalue weighted by atomic mass is 10.1. The van der Waals surface area contributed by atoms with Gasteiger partial charge in [0.25, 0.3) is 0 Å². The van der Waals surface area contributed by atoms with E-state index in [0.717, 1.165) is 57.9 Å². The number of morpholine rings is 1. The van der Waals surface area contributed by atoms with Gasteiger partial charge in [0, 0.05) is 39.5 Å². The lowest BCUT2D eigenvalue weighted by molar-refractivity contribution is -0.136. The molecule has 0 N–H and O–H groups in total. The zero-order chi connectivity index (χ0) is 16.1. The first kappa shape index (κ1) is 16.4. The first-order valence-electron chi connectivity index (χ1n) is 8.31. The summed E-state index contributed by atoms with van der Waals surface area (Å²) in [5, 5.41) is 0. The standard InChI is InChI=1S/C17H25N3O3/c1-22-13-17(21)20-6-2-3-16(20)15-5-4-14(11-18-15)12-19-7-9-23-10-8-19/h4-5,11,16H,2-3,6-10,12-13H2,1H3. The maximum Gasteiger partial charge on any atom is 0.249 e. The van der Waals surface area contributed by atoms with Crippen LogP contribution in [-0.4, -0.2) is 67.3 Å². The van der Waals surface area contributed by atoms with Crippen LogP contribution in [0.4, 0.5) is 0 Å². The van der Waals surface area contributed by atoms with Crippen molar-refractivity contribution in [2.24, 2.45) is 0 Å². The van der Waals surface area contributed by atoms with Crippen LogP contribution in [0.25, 0.3) is 0 Å². The number of hydrogen-bond donors (Lipinski definition) is 0. The van der Waals surface area contributed by atoms with Gasteiger partial charge in [0.05, 0.1) is 24.9 Å². The van der Waals surface area contributed by atoms with Gasteiger partial charge in [0.15, 0.2) is 0 Å². The zero-order valence-corrected chi connectivity index (χ0v) is 13.7. The zero-order valence-electron chi connectivity index (χ0n) is 13.7. The average Bonchev–Trinajstić information content (AvgIpc) is 3.06. The second kappa shape index (κ2) is 7.86. The summed E-state index contributed by atoms with van der Waals surface area (Å²) >= 11 is 0. The van der Waals surface area contributed by atoms with Crippen LogP contribution in [0.1, 0.15) is 30.1 Å². The molecule has 0 aromatic carbocycles. The van der Waals surface area contributed by atoms with Gasteiger partial charge >= 0.3 is 0 Å². The molecule has 0 saturated carbocycles.